The number of hydrogen-bond donors (Lipinski definition) is 2. The van der Waals surface area contributed by atoms with Crippen molar-refractivity contribution in [3.8, 4) is 11.6 Å². The molecular weight excluding hydrogens is 433 g/mol. The lowest BCUT2D eigenvalue weighted by atomic mass is 9.93. The van der Waals surface area contributed by atoms with Crippen molar-refractivity contribution in [1.82, 2.24) is 24.4 Å². The number of aromatic hydroxyl groups is 2. The molecule has 176 valence electrons. The van der Waals surface area contributed by atoms with Crippen LogP contribution in [0.1, 0.15) is 29.8 Å². The molecule has 2 aromatic carbocycles. The highest BCUT2D eigenvalue weighted by atomic mass is 19.1. The van der Waals surface area contributed by atoms with E-state index in [-0.39, 0.29) is 11.7 Å². The van der Waals surface area contributed by atoms with Crippen LogP contribution >= 0.6 is 0 Å². The monoisotopic (exact) mass is 461 g/mol. The van der Waals surface area contributed by atoms with Gasteiger partial charge in [-0.3, -0.25) is 0 Å². The first-order chi connectivity index (χ1) is 16.5. The SMILES string of the molecule is Oc1ccc(CCN2CCC(Cc3nc4c(O)ncnc4n3Cc3ccc(F)cc3)CC2)cc1. The van der Waals surface area contributed by atoms with Crippen molar-refractivity contribution in [3.63, 3.8) is 0 Å². The maximum Gasteiger partial charge on any atom is 0.242 e. The molecular formula is C26H28FN5O2. The number of fused-ring (bicyclic) bond motifs is 1. The van der Waals surface area contributed by atoms with Gasteiger partial charge in [-0.2, -0.15) is 4.98 Å². The standard InChI is InChI=1S/C26H28FN5O2/c27-21-5-1-20(2-6-21)16-32-23(30-24-25(32)28-17-29-26(24)34)15-19-10-13-31(14-11-19)12-9-18-3-7-22(33)8-4-18/h1-8,17,19,33H,9-16H2,(H,28,29,34). The number of piperidine rings is 1. The zero-order valence-electron chi connectivity index (χ0n) is 18.9. The summed E-state index contributed by atoms with van der Waals surface area (Å²) in [6.07, 6.45) is 5.26. The van der Waals surface area contributed by atoms with Gasteiger partial charge in [0, 0.05) is 13.0 Å². The van der Waals surface area contributed by atoms with Gasteiger partial charge in [0.2, 0.25) is 5.88 Å². The first kappa shape index (κ1) is 22.3. The van der Waals surface area contributed by atoms with Crippen LogP contribution in [0.4, 0.5) is 4.39 Å². The third-order valence-corrected chi connectivity index (χ3v) is 6.68. The van der Waals surface area contributed by atoms with Crippen LogP contribution in [-0.4, -0.2) is 54.3 Å². The van der Waals surface area contributed by atoms with Gasteiger partial charge < -0.3 is 19.7 Å². The van der Waals surface area contributed by atoms with Crippen LogP contribution in [0.15, 0.2) is 54.9 Å². The molecule has 2 N–H and O–H groups in total. The number of rotatable bonds is 7. The molecule has 7 nitrogen and oxygen atoms in total. The van der Waals surface area contributed by atoms with E-state index in [0.717, 1.165) is 56.7 Å². The maximum atomic E-state index is 13.4. The molecule has 3 heterocycles. The molecule has 0 amide bonds. The molecule has 2 aromatic heterocycles. The van der Waals surface area contributed by atoms with Crippen molar-refractivity contribution in [2.75, 3.05) is 19.6 Å². The molecule has 0 unspecified atom stereocenters. The Hall–Kier alpha value is -3.52. The van der Waals surface area contributed by atoms with E-state index in [9.17, 15) is 14.6 Å². The third-order valence-electron chi connectivity index (χ3n) is 6.68. The van der Waals surface area contributed by atoms with E-state index in [1.165, 1.54) is 24.0 Å². The second-order valence-corrected chi connectivity index (χ2v) is 9.02. The Morgan fingerprint density at radius 3 is 2.35 bits per heavy atom. The van der Waals surface area contributed by atoms with E-state index in [2.05, 4.69) is 14.9 Å². The van der Waals surface area contributed by atoms with Gasteiger partial charge in [0.05, 0.1) is 6.54 Å². The third kappa shape index (κ3) is 5.02. The molecule has 0 atom stereocenters. The molecule has 0 aliphatic carbocycles. The van der Waals surface area contributed by atoms with E-state index < -0.39 is 0 Å². The van der Waals surface area contributed by atoms with E-state index >= 15 is 0 Å². The van der Waals surface area contributed by atoms with Crippen LogP contribution in [-0.2, 0) is 19.4 Å². The van der Waals surface area contributed by atoms with Crippen LogP contribution in [0.25, 0.3) is 11.2 Å². The Bertz CT molecular complexity index is 1250. The number of phenols is 1. The summed E-state index contributed by atoms with van der Waals surface area (Å²) in [5, 5.41) is 19.7. The molecule has 1 fully saturated rings. The lowest BCUT2D eigenvalue weighted by Crippen LogP contribution is -2.36. The summed E-state index contributed by atoms with van der Waals surface area (Å²) in [6, 6.07) is 13.9. The largest absolute Gasteiger partial charge is 0.508 e. The number of aromatic nitrogens is 4. The minimum atomic E-state index is -0.267. The topological polar surface area (TPSA) is 87.3 Å². The highest BCUT2D eigenvalue weighted by molar-refractivity contribution is 5.76. The molecule has 0 bridgehead atoms. The summed E-state index contributed by atoms with van der Waals surface area (Å²) in [5.74, 6) is 1.28. The lowest BCUT2D eigenvalue weighted by Gasteiger charge is -2.32. The summed E-state index contributed by atoms with van der Waals surface area (Å²) in [6.45, 7) is 3.58. The first-order valence-corrected chi connectivity index (χ1v) is 11.7. The molecule has 34 heavy (non-hydrogen) atoms. The highest BCUT2D eigenvalue weighted by Gasteiger charge is 2.23. The minimum absolute atomic E-state index is 0.117. The predicted octanol–water partition coefficient (Wildman–Crippen LogP) is 3.92. The van der Waals surface area contributed by atoms with Crippen LogP contribution in [0.3, 0.4) is 0 Å². The van der Waals surface area contributed by atoms with Gasteiger partial charge in [0.1, 0.15) is 23.7 Å². The van der Waals surface area contributed by atoms with Gasteiger partial charge in [0.25, 0.3) is 0 Å². The Morgan fingerprint density at radius 2 is 1.62 bits per heavy atom. The van der Waals surface area contributed by atoms with Gasteiger partial charge in [-0.25, -0.2) is 14.4 Å². The van der Waals surface area contributed by atoms with Crippen LogP contribution in [0.5, 0.6) is 11.6 Å². The van der Waals surface area contributed by atoms with Crippen molar-refractivity contribution < 1.29 is 14.6 Å². The number of benzene rings is 2. The van der Waals surface area contributed by atoms with Crippen LogP contribution in [0.2, 0.25) is 0 Å². The van der Waals surface area contributed by atoms with Gasteiger partial charge >= 0.3 is 0 Å². The Morgan fingerprint density at radius 1 is 0.912 bits per heavy atom. The van der Waals surface area contributed by atoms with Gasteiger partial charge in [-0.1, -0.05) is 24.3 Å². The summed E-state index contributed by atoms with van der Waals surface area (Å²) in [4.78, 5) is 15.4. The summed E-state index contributed by atoms with van der Waals surface area (Å²) in [7, 11) is 0. The van der Waals surface area contributed by atoms with E-state index in [0.29, 0.717) is 29.4 Å². The average molecular weight is 462 g/mol. The second-order valence-electron chi connectivity index (χ2n) is 9.02. The molecule has 8 heteroatoms. The fraction of sp³-hybridized carbons (Fsp3) is 0.346. The van der Waals surface area contributed by atoms with E-state index in [1.807, 2.05) is 16.7 Å². The fourth-order valence-electron chi connectivity index (χ4n) is 4.69. The van der Waals surface area contributed by atoms with Crippen LogP contribution < -0.4 is 0 Å². The number of phenolic OH excluding ortho intramolecular Hbond substituents is 1. The Kier molecular flexibility index (Phi) is 6.40. The summed E-state index contributed by atoms with van der Waals surface area (Å²) >= 11 is 0. The smallest absolute Gasteiger partial charge is 0.242 e. The molecule has 1 saturated heterocycles. The summed E-state index contributed by atoms with van der Waals surface area (Å²) < 4.78 is 15.4. The molecule has 0 saturated carbocycles. The lowest BCUT2D eigenvalue weighted by molar-refractivity contribution is 0.184. The van der Waals surface area contributed by atoms with Crippen molar-refractivity contribution in [1.29, 1.82) is 0 Å². The van der Waals surface area contributed by atoms with E-state index in [1.54, 1.807) is 24.3 Å². The molecule has 5 rings (SSSR count). The number of likely N-dealkylation sites (tertiary alicyclic amines) is 1. The van der Waals surface area contributed by atoms with Crippen molar-refractivity contribution in [3.05, 3.63) is 77.6 Å². The zero-order chi connectivity index (χ0) is 23.5. The van der Waals surface area contributed by atoms with Gasteiger partial charge in [0.15, 0.2) is 11.2 Å². The molecule has 0 radical (unpaired) electrons. The van der Waals surface area contributed by atoms with Crippen molar-refractivity contribution in [2.45, 2.75) is 32.2 Å². The van der Waals surface area contributed by atoms with E-state index in [4.69, 9.17) is 4.98 Å². The van der Waals surface area contributed by atoms with Crippen molar-refractivity contribution in [2.24, 2.45) is 5.92 Å². The Labute approximate surface area is 197 Å². The van der Waals surface area contributed by atoms with Gasteiger partial charge in [-0.05, 0) is 73.7 Å². The molecule has 0 spiro atoms. The quantitative estimate of drug-likeness (QED) is 0.434. The molecule has 1 aliphatic heterocycles. The number of nitrogens with zero attached hydrogens (tertiary/aromatic N) is 5. The number of halogens is 1. The number of imidazole rings is 1. The minimum Gasteiger partial charge on any atom is -0.508 e. The zero-order valence-corrected chi connectivity index (χ0v) is 18.9. The first-order valence-electron chi connectivity index (χ1n) is 11.7. The molecule has 4 aromatic rings. The number of hydrogen-bond acceptors (Lipinski definition) is 6. The molecule has 1 aliphatic rings. The van der Waals surface area contributed by atoms with Crippen LogP contribution in [0, 0.1) is 11.7 Å². The highest BCUT2D eigenvalue weighted by Crippen LogP contribution is 2.27. The average Bonchev–Trinajstić information content (AvgIpc) is 3.19. The van der Waals surface area contributed by atoms with Gasteiger partial charge in [-0.15, -0.1) is 0 Å². The fourth-order valence-corrected chi connectivity index (χ4v) is 4.69. The second kappa shape index (κ2) is 9.77. The Balaban J connectivity index is 1.26. The normalized spacial score (nSPS) is 15.2. The summed E-state index contributed by atoms with van der Waals surface area (Å²) in [5.41, 5.74) is 3.18. The van der Waals surface area contributed by atoms with Crippen molar-refractivity contribution >= 4 is 11.2 Å². The predicted molar refractivity (Wildman–Crippen MR) is 127 cm³/mol. The maximum absolute atomic E-state index is 13.4.